The van der Waals surface area contributed by atoms with E-state index >= 15 is 0 Å². The van der Waals surface area contributed by atoms with E-state index < -0.39 is 26.8 Å². The van der Waals surface area contributed by atoms with E-state index in [0.29, 0.717) is 36.1 Å². The van der Waals surface area contributed by atoms with Crippen LogP contribution in [0.2, 0.25) is 5.02 Å². The summed E-state index contributed by atoms with van der Waals surface area (Å²) in [5.41, 5.74) is 2.49. The number of allylic oxidation sites excluding steroid dienone is 1. The lowest BCUT2D eigenvalue weighted by Crippen LogP contribution is -2.55. The van der Waals surface area contributed by atoms with Crippen molar-refractivity contribution in [2.75, 3.05) is 18.0 Å². The number of fused-ring (bicyclic) bond motifs is 6. The molecule has 0 saturated heterocycles. The Morgan fingerprint density at radius 2 is 1.86 bits per heavy atom. The maximum atomic E-state index is 13.5. The van der Waals surface area contributed by atoms with E-state index in [9.17, 15) is 18.3 Å². The molecule has 0 aromatic heterocycles. The number of benzene rings is 2. The molecule has 4 aliphatic rings. The van der Waals surface area contributed by atoms with Gasteiger partial charge in [-0.25, -0.2) is 13.1 Å². The maximum absolute atomic E-state index is 13.5. The molecule has 0 radical (unpaired) electrons. The number of hydrogen-bond acceptors (Lipinski definition) is 6. The van der Waals surface area contributed by atoms with Crippen LogP contribution in [0.4, 0.5) is 5.69 Å². The van der Waals surface area contributed by atoms with Crippen LogP contribution in [0.25, 0.3) is 0 Å². The fourth-order valence-electron chi connectivity index (χ4n) is 7.88. The minimum Gasteiger partial charge on any atom is -0.487 e. The van der Waals surface area contributed by atoms with E-state index in [0.717, 1.165) is 56.4 Å². The first-order valence-corrected chi connectivity index (χ1v) is 18.1. The predicted octanol–water partition coefficient (Wildman–Crippen LogP) is 6.52. The highest BCUT2D eigenvalue weighted by Crippen LogP contribution is 2.51. The Labute approximate surface area is 267 Å². The van der Waals surface area contributed by atoms with Gasteiger partial charge in [-0.3, -0.25) is 4.79 Å². The summed E-state index contributed by atoms with van der Waals surface area (Å²) in [5, 5.41) is 12.2. The third kappa shape index (κ3) is 6.14. The molecule has 2 aromatic rings. The lowest BCUT2D eigenvalue weighted by Gasteiger charge is -2.53. The van der Waals surface area contributed by atoms with Crippen LogP contribution in [-0.2, 0) is 23.1 Å². The van der Waals surface area contributed by atoms with Gasteiger partial charge in [-0.1, -0.05) is 43.7 Å². The molecule has 2 aliphatic carbocycles. The summed E-state index contributed by atoms with van der Waals surface area (Å²) in [7, 11) is -3.94. The van der Waals surface area contributed by atoms with Gasteiger partial charge >= 0.3 is 0 Å². The number of nitrogens with one attached hydrogen (secondary N) is 1. The van der Waals surface area contributed by atoms with Crippen LogP contribution in [0.3, 0.4) is 0 Å². The first-order valence-electron chi connectivity index (χ1n) is 16.2. The second-order valence-electron chi connectivity index (χ2n) is 13.8. The van der Waals surface area contributed by atoms with Crippen LogP contribution >= 0.6 is 11.6 Å². The number of carbonyl (C=O) groups is 1. The summed E-state index contributed by atoms with van der Waals surface area (Å²) >= 11 is 6.34. The summed E-state index contributed by atoms with van der Waals surface area (Å²) in [6.45, 7) is 7.56. The summed E-state index contributed by atoms with van der Waals surface area (Å²) in [5.74, 6) is 0.368. The normalized spacial score (nSPS) is 33.8. The van der Waals surface area contributed by atoms with Crippen molar-refractivity contribution >= 4 is 33.2 Å². The Hall–Kier alpha value is -2.55. The number of hydrogen-bond donors (Lipinski definition) is 2. The predicted molar refractivity (Wildman–Crippen MR) is 175 cm³/mol. The van der Waals surface area contributed by atoms with E-state index in [-0.39, 0.29) is 29.2 Å². The Kier molecular flexibility index (Phi) is 8.81. The average molecular weight is 641 g/mol. The minimum absolute atomic E-state index is 0.0243. The lowest BCUT2D eigenvalue weighted by atomic mass is 9.57. The van der Waals surface area contributed by atoms with Crippen molar-refractivity contribution in [3.05, 3.63) is 70.3 Å². The first-order chi connectivity index (χ1) is 20.9. The smallest absolute Gasteiger partial charge is 0.264 e. The average Bonchev–Trinajstić information content (AvgIpc) is 2.99. The zero-order chi connectivity index (χ0) is 31.2. The molecule has 0 unspecified atom stereocenters. The first kappa shape index (κ1) is 31.4. The molecule has 0 spiro atoms. The van der Waals surface area contributed by atoms with Crippen molar-refractivity contribution < 1.29 is 23.1 Å². The molecule has 2 aromatic carbocycles. The van der Waals surface area contributed by atoms with E-state index in [1.54, 1.807) is 25.1 Å². The maximum Gasteiger partial charge on any atom is 0.264 e. The SMILES string of the molecule is C[C@@H]1[C@@H](C)C[C@@H]2C=C[C@H](C)[C@@](O)(C2)[C@@H]2CC[C@H]2CN2CCCCc3cc(Cl)ccc3COc3ccc(cc32)C(=O)NS1(=O)=O. The van der Waals surface area contributed by atoms with E-state index in [2.05, 4.69) is 28.7 Å². The molecular formula is C35H45ClN2O5S. The van der Waals surface area contributed by atoms with Crippen molar-refractivity contribution in [3.8, 4) is 5.75 Å². The van der Waals surface area contributed by atoms with Gasteiger partial charge in [0.25, 0.3) is 5.91 Å². The third-order valence-electron chi connectivity index (χ3n) is 11.0. The van der Waals surface area contributed by atoms with E-state index in [1.807, 2.05) is 25.1 Å². The number of carbonyl (C=O) groups excluding carboxylic acids is 1. The van der Waals surface area contributed by atoms with Gasteiger partial charge in [0.1, 0.15) is 12.4 Å². The number of rotatable bonds is 0. The molecule has 1 fully saturated rings. The zero-order valence-corrected chi connectivity index (χ0v) is 27.5. The highest BCUT2D eigenvalue weighted by molar-refractivity contribution is 7.90. The van der Waals surface area contributed by atoms with Gasteiger partial charge in [-0.15, -0.1) is 0 Å². The number of anilines is 1. The molecule has 2 aliphatic heterocycles. The van der Waals surface area contributed by atoms with Crippen molar-refractivity contribution in [1.29, 1.82) is 0 Å². The van der Waals surface area contributed by atoms with E-state index in [1.165, 1.54) is 5.56 Å². The van der Waals surface area contributed by atoms with Crippen LogP contribution in [0.15, 0.2) is 48.6 Å². The fraction of sp³-hybridized carbons (Fsp3) is 0.571. The second kappa shape index (κ2) is 12.3. The summed E-state index contributed by atoms with van der Waals surface area (Å²) in [4.78, 5) is 15.8. The molecule has 9 heteroatoms. The number of amides is 1. The standard InChI is InChI=1S/C35H45ClN2O5S/c1-22-16-25-8-7-23(2)35(40,19-25)31-13-10-28(31)20-38-15-5-4-6-26-17-30(36)12-9-29(26)21-43-33-14-11-27(18-32(33)38)34(39)37-44(41,42)24(22)3/h7-9,11-12,14,17-18,22-25,28,31,40H,4-6,10,13,15-16,19-21H2,1-3H3,(H,37,39)/t22-,23-,24+,25-,28-,31+,35-/m0/s1. The van der Waals surface area contributed by atoms with Gasteiger partial charge in [0, 0.05) is 29.6 Å². The third-order valence-corrected chi connectivity index (χ3v) is 13.2. The zero-order valence-electron chi connectivity index (χ0n) is 26.0. The summed E-state index contributed by atoms with van der Waals surface area (Å²) < 4.78 is 35.7. The molecule has 2 heterocycles. The molecule has 7 nitrogen and oxygen atoms in total. The highest BCUT2D eigenvalue weighted by atomic mass is 35.5. The van der Waals surface area contributed by atoms with Crippen molar-refractivity contribution in [2.24, 2.45) is 29.6 Å². The van der Waals surface area contributed by atoms with Gasteiger partial charge in [-0.2, -0.15) is 0 Å². The van der Waals surface area contributed by atoms with Gasteiger partial charge in [-0.05, 0) is 117 Å². The molecule has 1 amide bonds. The number of sulfonamides is 1. The Balaban J connectivity index is 1.41. The topological polar surface area (TPSA) is 95.9 Å². The summed E-state index contributed by atoms with van der Waals surface area (Å²) in [6, 6.07) is 11.1. The Morgan fingerprint density at radius 1 is 1.05 bits per heavy atom. The second-order valence-corrected chi connectivity index (χ2v) is 16.2. The molecule has 2 N–H and O–H groups in total. The van der Waals surface area contributed by atoms with Crippen molar-refractivity contribution in [3.63, 3.8) is 0 Å². The molecule has 238 valence electrons. The lowest BCUT2D eigenvalue weighted by molar-refractivity contribution is -0.121. The molecule has 6 rings (SSSR count). The van der Waals surface area contributed by atoms with Gasteiger partial charge in [0.05, 0.1) is 16.5 Å². The highest BCUT2D eigenvalue weighted by Gasteiger charge is 2.51. The van der Waals surface area contributed by atoms with Crippen LogP contribution in [-0.4, -0.2) is 43.4 Å². The van der Waals surface area contributed by atoms with Crippen molar-refractivity contribution in [2.45, 2.75) is 83.2 Å². The van der Waals surface area contributed by atoms with E-state index in [4.69, 9.17) is 16.3 Å². The number of halogens is 1. The number of aliphatic hydroxyl groups is 1. The monoisotopic (exact) mass is 640 g/mol. The Bertz CT molecular complexity index is 1540. The largest absolute Gasteiger partial charge is 0.487 e. The van der Waals surface area contributed by atoms with Crippen LogP contribution in [0, 0.1) is 29.6 Å². The fourth-order valence-corrected chi connectivity index (χ4v) is 9.36. The number of nitrogens with zero attached hydrogens (tertiary/aromatic N) is 1. The van der Waals surface area contributed by atoms with Gasteiger partial charge < -0.3 is 14.7 Å². The molecular weight excluding hydrogens is 596 g/mol. The Morgan fingerprint density at radius 3 is 2.64 bits per heavy atom. The molecule has 1 saturated carbocycles. The molecule has 7 atom stereocenters. The van der Waals surface area contributed by atoms with Crippen molar-refractivity contribution in [1.82, 2.24) is 4.72 Å². The minimum atomic E-state index is -3.94. The van der Waals surface area contributed by atoms with Gasteiger partial charge in [0.15, 0.2) is 0 Å². The quantitative estimate of drug-likeness (QED) is 0.319. The number of aryl methyl sites for hydroxylation is 1. The number of ether oxygens (including phenoxy) is 1. The van der Waals surface area contributed by atoms with Crippen LogP contribution in [0.5, 0.6) is 5.75 Å². The summed E-state index contributed by atoms with van der Waals surface area (Å²) in [6.07, 6.45) is 10.4. The molecule has 4 bridgehead atoms. The van der Waals surface area contributed by atoms with Gasteiger partial charge in [0.2, 0.25) is 10.0 Å². The van der Waals surface area contributed by atoms with Crippen LogP contribution < -0.4 is 14.4 Å². The van der Waals surface area contributed by atoms with Crippen LogP contribution in [0.1, 0.15) is 80.8 Å². The molecule has 44 heavy (non-hydrogen) atoms.